The highest BCUT2D eigenvalue weighted by Gasteiger charge is 2.14. The second-order valence-corrected chi connectivity index (χ2v) is 5.99. The van der Waals surface area contributed by atoms with Gasteiger partial charge in [0.2, 0.25) is 5.16 Å². The van der Waals surface area contributed by atoms with Crippen LogP contribution in [0.15, 0.2) is 33.8 Å². The minimum absolute atomic E-state index is 0.0171. The molecule has 0 bridgehead atoms. The smallest absolute Gasteiger partial charge is 0.327 e. The molecule has 0 atom stereocenters. The number of fused-ring (bicyclic) bond motifs is 1. The molecule has 0 radical (unpaired) electrons. The van der Waals surface area contributed by atoms with E-state index in [0.717, 1.165) is 14.6 Å². The summed E-state index contributed by atoms with van der Waals surface area (Å²) in [6.45, 7) is -0.0171. The maximum atomic E-state index is 11.3. The number of para-hydroxylation sites is 1. The van der Waals surface area contributed by atoms with E-state index in [0.29, 0.717) is 5.16 Å². The fourth-order valence-electron chi connectivity index (χ4n) is 1.53. The van der Waals surface area contributed by atoms with Gasteiger partial charge in [0.15, 0.2) is 4.34 Å². The number of esters is 1. The number of nitrogens with zero attached hydrogens (tertiary/aromatic N) is 5. The van der Waals surface area contributed by atoms with Crippen molar-refractivity contribution in [3.63, 3.8) is 0 Å². The number of aromatic nitrogens is 5. The molecule has 0 aliphatic carbocycles. The van der Waals surface area contributed by atoms with Gasteiger partial charge in [0.05, 0.1) is 17.3 Å². The van der Waals surface area contributed by atoms with Crippen molar-refractivity contribution in [2.75, 3.05) is 7.11 Å². The molecule has 0 unspecified atom stereocenters. The van der Waals surface area contributed by atoms with Crippen molar-refractivity contribution in [3.8, 4) is 0 Å². The van der Waals surface area contributed by atoms with Crippen molar-refractivity contribution in [1.29, 1.82) is 0 Å². The monoisotopic (exact) mass is 307 g/mol. The van der Waals surface area contributed by atoms with E-state index in [9.17, 15) is 4.79 Å². The fraction of sp³-hybridized carbons (Fsp3) is 0.182. The Kier molecular flexibility index (Phi) is 3.61. The Hall–Kier alpha value is -2.00. The van der Waals surface area contributed by atoms with Crippen molar-refractivity contribution in [3.05, 3.63) is 24.3 Å². The normalized spacial score (nSPS) is 10.8. The first-order valence-electron chi connectivity index (χ1n) is 5.62. The summed E-state index contributed by atoms with van der Waals surface area (Å²) in [5.41, 5.74) is 0.937. The van der Waals surface area contributed by atoms with Gasteiger partial charge >= 0.3 is 5.97 Å². The Bertz CT molecular complexity index is 721. The summed E-state index contributed by atoms with van der Waals surface area (Å²) < 4.78 is 7.92. The Balaban J connectivity index is 1.84. The van der Waals surface area contributed by atoms with E-state index in [1.54, 1.807) is 11.3 Å². The van der Waals surface area contributed by atoms with Crippen LogP contribution >= 0.6 is 23.1 Å². The van der Waals surface area contributed by atoms with Gasteiger partial charge < -0.3 is 4.74 Å². The van der Waals surface area contributed by atoms with E-state index >= 15 is 0 Å². The van der Waals surface area contributed by atoms with E-state index < -0.39 is 5.97 Å². The summed E-state index contributed by atoms with van der Waals surface area (Å²) in [6.07, 6.45) is 0. The van der Waals surface area contributed by atoms with E-state index in [1.807, 2.05) is 24.3 Å². The Labute approximate surface area is 122 Å². The van der Waals surface area contributed by atoms with E-state index in [-0.39, 0.29) is 6.54 Å². The van der Waals surface area contributed by atoms with Gasteiger partial charge in [-0.25, -0.2) is 9.67 Å². The van der Waals surface area contributed by atoms with Crippen LogP contribution in [0.25, 0.3) is 10.2 Å². The molecule has 0 aliphatic heterocycles. The Morgan fingerprint density at radius 3 is 3.10 bits per heavy atom. The molecule has 0 amide bonds. The lowest BCUT2D eigenvalue weighted by Gasteiger charge is -2.00. The third-order valence-corrected chi connectivity index (χ3v) is 4.53. The van der Waals surface area contributed by atoms with Gasteiger partial charge in [0, 0.05) is 0 Å². The maximum absolute atomic E-state index is 11.3. The number of benzene rings is 1. The molecule has 2 aromatic heterocycles. The summed E-state index contributed by atoms with van der Waals surface area (Å²) in [6, 6.07) is 7.87. The third-order valence-electron chi connectivity index (χ3n) is 2.46. The first-order valence-corrected chi connectivity index (χ1v) is 7.26. The summed E-state index contributed by atoms with van der Waals surface area (Å²) in [7, 11) is 1.33. The molecular formula is C11H9N5O2S2. The standard InChI is InChI=1S/C11H9N5O2S2/c1-18-9(17)6-16-10(13-14-15-16)20-11-12-7-4-2-3-5-8(7)19-11/h2-5H,6H2,1H3. The third kappa shape index (κ3) is 2.63. The molecule has 0 N–H and O–H groups in total. The lowest BCUT2D eigenvalue weighted by atomic mass is 10.3. The second kappa shape index (κ2) is 5.55. The first kappa shape index (κ1) is 13.0. The average Bonchev–Trinajstić information content (AvgIpc) is 3.05. The van der Waals surface area contributed by atoms with Gasteiger partial charge in [-0.15, -0.1) is 16.4 Å². The highest BCUT2D eigenvalue weighted by molar-refractivity contribution is 8.01. The average molecular weight is 307 g/mol. The van der Waals surface area contributed by atoms with Crippen molar-refractivity contribution in [2.45, 2.75) is 16.0 Å². The van der Waals surface area contributed by atoms with Gasteiger partial charge in [-0.05, 0) is 34.3 Å². The van der Waals surface area contributed by atoms with Crippen LogP contribution in [0.3, 0.4) is 0 Å². The van der Waals surface area contributed by atoms with Crippen LogP contribution in [-0.2, 0) is 16.1 Å². The minimum Gasteiger partial charge on any atom is -0.468 e. The highest BCUT2D eigenvalue weighted by atomic mass is 32.2. The van der Waals surface area contributed by atoms with Crippen LogP contribution in [0.1, 0.15) is 0 Å². The molecule has 0 saturated heterocycles. The Morgan fingerprint density at radius 2 is 2.30 bits per heavy atom. The molecule has 3 aromatic rings. The van der Waals surface area contributed by atoms with E-state index in [4.69, 9.17) is 0 Å². The molecule has 20 heavy (non-hydrogen) atoms. The van der Waals surface area contributed by atoms with Gasteiger partial charge in [-0.1, -0.05) is 12.1 Å². The molecule has 1 aromatic carbocycles. The zero-order valence-electron chi connectivity index (χ0n) is 10.4. The first-order chi connectivity index (χ1) is 9.76. The number of carbonyl (C=O) groups excluding carboxylic acids is 1. The van der Waals surface area contributed by atoms with Crippen LogP contribution in [0.4, 0.5) is 0 Å². The number of thiazole rings is 1. The van der Waals surface area contributed by atoms with E-state index in [2.05, 4.69) is 25.2 Å². The van der Waals surface area contributed by atoms with Gasteiger partial charge in [-0.2, -0.15) is 0 Å². The van der Waals surface area contributed by atoms with E-state index in [1.165, 1.54) is 23.6 Å². The van der Waals surface area contributed by atoms with Crippen LogP contribution in [-0.4, -0.2) is 38.3 Å². The minimum atomic E-state index is -0.400. The van der Waals surface area contributed by atoms with Crippen LogP contribution in [0.2, 0.25) is 0 Å². The fourth-order valence-corrected chi connectivity index (χ4v) is 3.47. The molecule has 7 nitrogen and oxygen atoms in total. The topological polar surface area (TPSA) is 82.8 Å². The van der Waals surface area contributed by atoms with Crippen LogP contribution < -0.4 is 0 Å². The largest absolute Gasteiger partial charge is 0.468 e. The molecule has 0 aliphatic rings. The number of carbonyl (C=O) groups is 1. The summed E-state index contributed by atoms with van der Waals surface area (Å²) >= 11 is 2.88. The number of ether oxygens (including phenoxy) is 1. The zero-order chi connectivity index (χ0) is 13.9. The number of hydrogen-bond donors (Lipinski definition) is 0. The van der Waals surface area contributed by atoms with Crippen LogP contribution in [0, 0.1) is 0 Å². The number of tetrazole rings is 1. The maximum Gasteiger partial charge on any atom is 0.327 e. The second-order valence-electron chi connectivity index (χ2n) is 3.74. The van der Waals surface area contributed by atoms with Gasteiger partial charge in [0.1, 0.15) is 6.54 Å². The Morgan fingerprint density at radius 1 is 1.45 bits per heavy atom. The SMILES string of the molecule is COC(=O)Cn1nnnc1Sc1nc2ccccc2s1. The van der Waals surface area contributed by atoms with Crippen molar-refractivity contribution in [2.24, 2.45) is 0 Å². The number of hydrogen-bond acceptors (Lipinski definition) is 8. The molecule has 9 heteroatoms. The van der Waals surface area contributed by atoms with Gasteiger partial charge in [0.25, 0.3) is 0 Å². The summed E-state index contributed by atoms with van der Waals surface area (Å²) in [5, 5.41) is 11.7. The van der Waals surface area contributed by atoms with Crippen LogP contribution in [0.5, 0.6) is 0 Å². The molecular weight excluding hydrogens is 298 g/mol. The summed E-state index contributed by atoms with van der Waals surface area (Å²) in [4.78, 5) is 15.7. The molecule has 3 rings (SSSR count). The predicted octanol–water partition coefficient (Wildman–Crippen LogP) is 1.61. The molecule has 102 valence electrons. The van der Waals surface area contributed by atoms with Crippen molar-refractivity contribution in [1.82, 2.24) is 25.2 Å². The highest BCUT2D eigenvalue weighted by Crippen LogP contribution is 2.32. The molecule has 0 spiro atoms. The zero-order valence-corrected chi connectivity index (χ0v) is 12.0. The van der Waals surface area contributed by atoms with Crippen molar-refractivity contribution < 1.29 is 9.53 Å². The summed E-state index contributed by atoms with van der Waals surface area (Å²) in [5.74, 6) is -0.400. The van der Waals surface area contributed by atoms with Crippen molar-refractivity contribution >= 4 is 39.3 Å². The quantitative estimate of drug-likeness (QED) is 0.677. The number of methoxy groups -OCH3 is 1. The molecule has 2 heterocycles. The lowest BCUT2D eigenvalue weighted by molar-refractivity contribution is -0.141. The van der Waals surface area contributed by atoms with Gasteiger partial charge in [-0.3, -0.25) is 4.79 Å². The predicted molar refractivity (Wildman–Crippen MR) is 73.6 cm³/mol. The molecule has 0 fully saturated rings. The number of rotatable bonds is 4. The lowest BCUT2D eigenvalue weighted by Crippen LogP contribution is -2.13. The molecule has 0 saturated carbocycles.